The van der Waals surface area contributed by atoms with Crippen LogP contribution in [0.15, 0.2) is 12.1 Å². The molecule has 1 heterocycles. The van der Waals surface area contributed by atoms with Crippen LogP contribution in [0.2, 0.25) is 0 Å². The summed E-state index contributed by atoms with van der Waals surface area (Å²) in [5.74, 6) is 2.15. The molecule has 2 rings (SSSR count). The van der Waals surface area contributed by atoms with E-state index in [-0.39, 0.29) is 18.2 Å². The molecule has 6 nitrogen and oxygen atoms in total. The highest BCUT2D eigenvalue weighted by Gasteiger charge is 2.32. The second kappa shape index (κ2) is 7.86. The summed E-state index contributed by atoms with van der Waals surface area (Å²) in [6.07, 6.45) is 0.339. The standard InChI is InChI=1S/C17H28N2O4/c1-11-9-19(10-12(2)23-11)14(8-18)17-15(21-4)6-13(20-3)7-16(17)22-5/h6-7,11-12,14H,8-10,18H2,1-5H3/t11-,12+,14-/m0/s1. The maximum atomic E-state index is 6.12. The van der Waals surface area contributed by atoms with Crippen LogP contribution in [0.3, 0.4) is 0 Å². The first-order valence-electron chi connectivity index (χ1n) is 7.93. The van der Waals surface area contributed by atoms with Gasteiger partial charge in [0.25, 0.3) is 0 Å². The molecule has 6 heteroatoms. The summed E-state index contributed by atoms with van der Waals surface area (Å²) in [4.78, 5) is 2.34. The number of morpholine rings is 1. The van der Waals surface area contributed by atoms with E-state index in [9.17, 15) is 0 Å². The lowest BCUT2D eigenvalue weighted by molar-refractivity contribution is -0.0803. The zero-order valence-electron chi connectivity index (χ0n) is 14.7. The van der Waals surface area contributed by atoms with Gasteiger partial charge in [-0.05, 0) is 13.8 Å². The monoisotopic (exact) mass is 324 g/mol. The minimum absolute atomic E-state index is 0.000365. The Bertz CT molecular complexity index is 488. The van der Waals surface area contributed by atoms with E-state index in [1.165, 1.54) is 0 Å². The van der Waals surface area contributed by atoms with Crippen molar-refractivity contribution in [2.24, 2.45) is 5.73 Å². The van der Waals surface area contributed by atoms with Crippen molar-refractivity contribution >= 4 is 0 Å². The largest absolute Gasteiger partial charge is 0.496 e. The van der Waals surface area contributed by atoms with E-state index >= 15 is 0 Å². The normalized spacial score (nSPS) is 23.4. The van der Waals surface area contributed by atoms with Gasteiger partial charge in [-0.15, -0.1) is 0 Å². The highest BCUT2D eigenvalue weighted by Crippen LogP contribution is 2.40. The number of benzene rings is 1. The molecular weight excluding hydrogens is 296 g/mol. The Morgan fingerprint density at radius 1 is 1.09 bits per heavy atom. The zero-order valence-corrected chi connectivity index (χ0v) is 14.7. The van der Waals surface area contributed by atoms with Crippen LogP contribution in [0.1, 0.15) is 25.5 Å². The van der Waals surface area contributed by atoms with E-state index in [2.05, 4.69) is 18.7 Å². The summed E-state index contributed by atoms with van der Waals surface area (Å²) in [6.45, 7) is 6.28. The predicted octanol–water partition coefficient (Wildman–Crippen LogP) is 1.82. The van der Waals surface area contributed by atoms with Crippen LogP contribution in [0.25, 0.3) is 0 Å². The van der Waals surface area contributed by atoms with E-state index < -0.39 is 0 Å². The van der Waals surface area contributed by atoms with Gasteiger partial charge < -0.3 is 24.7 Å². The Kier molecular flexibility index (Phi) is 6.10. The first-order valence-corrected chi connectivity index (χ1v) is 7.93. The molecule has 130 valence electrons. The van der Waals surface area contributed by atoms with E-state index in [1.807, 2.05) is 12.1 Å². The molecule has 1 fully saturated rings. The molecule has 23 heavy (non-hydrogen) atoms. The molecule has 0 aromatic heterocycles. The van der Waals surface area contributed by atoms with Crippen LogP contribution < -0.4 is 19.9 Å². The summed E-state index contributed by atoms with van der Waals surface area (Å²) in [7, 11) is 4.92. The van der Waals surface area contributed by atoms with E-state index in [1.54, 1.807) is 21.3 Å². The third kappa shape index (κ3) is 3.88. The lowest BCUT2D eigenvalue weighted by Crippen LogP contribution is -2.48. The number of nitrogens with zero attached hydrogens (tertiary/aromatic N) is 1. The molecule has 1 saturated heterocycles. The molecule has 2 N–H and O–H groups in total. The number of hydrogen-bond donors (Lipinski definition) is 1. The Morgan fingerprint density at radius 2 is 1.61 bits per heavy atom. The fourth-order valence-corrected chi connectivity index (χ4v) is 3.28. The molecule has 0 aliphatic carbocycles. The molecular formula is C17H28N2O4. The van der Waals surface area contributed by atoms with Crippen molar-refractivity contribution in [1.29, 1.82) is 0 Å². The van der Waals surface area contributed by atoms with Gasteiger partial charge in [-0.3, -0.25) is 4.90 Å². The Hall–Kier alpha value is -1.50. The molecule has 0 spiro atoms. The quantitative estimate of drug-likeness (QED) is 0.861. The Labute approximate surface area is 138 Å². The number of rotatable bonds is 6. The van der Waals surface area contributed by atoms with Gasteiger partial charge in [-0.25, -0.2) is 0 Å². The van der Waals surface area contributed by atoms with Crippen molar-refractivity contribution in [3.05, 3.63) is 17.7 Å². The van der Waals surface area contributed by atoms with Crippen LogP contribution in [0.5, 0.6) is 17.2 Å². The second-order valence-corrected chi connectivity index (χ2v) is 5.91. The zero-order chi connectivity index (χ0) is 17.0. The van der Waals surface area contributed by atoms with E-state index in [4.69, 9.17) is 24.7 Å². The van der Waals surface area contributed by atoms with Crippen molar-refractivity contribution in [2.45, 2.75) is 32.1 Å². The van der Waals surface area contributed by atoms with Gasteiger partial charge in [0.2, 0.25) is 0 Å². The highest BCUT2D eigenvalue weighted by molar-refractivity contribution is 5.52. The topological polar surface area (TPSA) is 66.2 Å². The average Bonchev–Trinajstić information content (AvgIpc) is 2.54. The van der Waals surface area contributed by atoms with Crippen molar-refractivity contribution < 1.29 is 18.9 Å². The van der Waals surface area contributed by atoms with Crippen LogP contribution in [0, 0.1) is 0 Å². The van der Waals surface area contributed by atoms with Crippen molar-refractivity contribution in [3.8, 4) is 17.2 Å². The van der Waals surface area contributed by atoms with Gasteiger partial charge in [0, 0.05) is 31.8 Å². The lowest BCUT2D eigenvalue weighted by Gasteiger charge is -2.40. The van der Waals surface area contributed by atoms with Crippen LogP contribution >= 0.6 is 0 Å². The molecule has 0 saturated carbocycles. The molecule has 1 aliphatic rings. The highest BCUT2D eigenvalue weighted by atomic mass is 16.5. The maximum Gasteiger partial charge on any atom is 0.131 e. The van der Waals surface area contributed by atoms with Crippen molar-refractivity contribution in [3.63, 3.8) is 0 Å². The number of ether oxygens (including phenoxy) is 4. The fraction of sp³-hybridized carbons (Fsp3) is 0.647. The summed E-state index contributed by atoms with van der Waals surface area (Å²) in [5, 5.41) is 0. The lowest BCUT2D eigenvalue weighted by atomic mass is 10.0. The third-order valence-electron chi connectivity index (χ3n) is 4.20. The van der Waals surface area contributed by atoms with Gasteiger partial charge in [0.15, 0.2) is 0 Å². The van der Waals surface area contributed by atoms with Gasteiger partial charge in [-0.1, -0.05) is 0 Å². The van der Waals surface area contributed by atoms with Gasteiger partial charge in [0.1, 0.15) is 17.2 Å². The van der Waals surface area contributed by atoms with Crippen LogP contribution in [-0.2, 0) is 4.74 Å². The van der Waals surface area contributed by atoms with Crippen LogP contribution in [0.4, 0.5) is 0 Å². The molecule has 0 radical (unpaired) electrons. The van der Waals surface area contributed by atoms with Crippen molar-refractivity contribution in [1.82, 2.24) is 4.90 Å². The van der Waals surface area contributed by atoms with E-state index in [0.717, 1.165) is 30.2 Å². The van der Waals surface area contributed by atoms with Crippen LogP contribution in [-0.4, -0.2) is 58.1 Å². The summed E-state index contributed by atoms with van der Waals surface area (Å²) >= 11 is 0. The van der Waals surface area contributed by atoms with Gasteiger partial charge >= 0.3 is 0 Å². The molecule has 3 atom stereocenters. The minimum atomic E-state index is -0.000365. The van der Waals surface area contributed by atoms with E-state index in [0.29, 0.717) is 12.3 Å². The molecule has 1 aliphatic heterocycles. The molecule has 1 aromatic carbocycles. The third-order valence-corrected chi connectivity index (χ3v) is 4.20. The SMILES string of the molecule is COc1cc(OC)c([C@H](CN)N2C[C@@H](C)O[C@@H](C)C2)c(OC)c1. The number of methoxy groups -OCH3 is 3. The number of hydrogen-bond acceptors (Lipinski definition) is 6. The van der Waals surface area contributed by atoms with Crippen molar-refractivity contribution in [2.75, 3.05) is 41.0 Å². The maximum absolute atomic E-state index is 6.12. The molecule has 0 unspecified atom stereocenters. The predicted molar refractivity (Wildman–Crippen MR) is 89.5 cm³/mol. The fourth-order valence-electron chi connectivity index (χ4n) is 3.28. The first kappa shape index (κ1) is 17.8. The summed E-state index contributed by atoms with van der Waals surface area (Å²) in [6, 6.07) is 3.74. The first-order chi connectivity index (χ1) is 11.0. The number of nitrogens with two attached hydrogens (primary N) is 1. The second-order valence-electron chi connectivity index (χ2n) is 5.91. The van der Waals surface area contributed by atoms with Gasteiger partial charge in [0.05, 0.1) is 45.1 Å². The molecule has 1 aromatic rings. The Morgan fingerprint density at radius 3 is 2.00 bits per heavy atom. The molecule has 0 bridgehead atoms. The summed E-state index contributed by atoms with van der Waals surface area (Å²) < 4.78 is 22.3. The smallest absolute Gasteiger partial charge is 0.131 e. The van der Waals surface area contributed by atoms with Gasteiger partial charge in [-0.2, -0.15) is 0 Å². The average molecular weight is 324 g/mol. The molecule has 0 amide bonds. The summed E-state index contributed by atoms with van der Waals surface area (Å²) in [5.41, 5.74) is 7.08. The Balaban J connectivity index is 2.43. The minimum Gasteiger partial charge on any atom is -0.496 e.